The number of nitrogens with zero attached hydrogens (tertiary/aromatic N) is 4. The molecule has 2 unspecified atom stereocenters. The van der Waals surface area contributed by atoms with E-state index in [0.717, 1.165) is 30.1 Å². The summed E-state index contributed by atoms with van der Waals surface area (Å²) in [6.07, 6.45) is 3.02. The fraction of sp³-hybridized carbons (Fsp3) is 0.556. The molecule has 8 heteroatoms. The molecule has 26 heavy (non-hydrogen) atoms. The number of fused-ring (bicyclic) bond motifs is 3. The first-order valence-corrected chi connectivity index (χ1v) is 10.5. The normalized spacial score (nSPS) is 23.0. The molecule has 7 nitrogen and oxygen atoms in total. The Labute approximate surface area is 154 Å². The average Bonchev–Trinajstić information content (AvgIpc) is 3.15. The molecular formula is C18H24N4O3S. The van der Waals surface area contributed by atoms with Crippen LogP contribution in [0.2, 0.25) is 0 Å². The van der Waals surface area contributed by atoms with Crippen LogP contribution in [0.15, 0.2) is 29.2 Å². The van der Waals surface area contributed by atoms with E-state index in [1.54, 1.807) is 23.5 Å². The zero-order chi connectivity index (χ0) is 18.3. The largest absolute Gasteiger partial charge is 0.377 e. The van der Waals surface area contributed by atoms with Gasteiger partial charge in [-0.1, -0.05) is 25.1 Å². The highest BCUT2D eigenvalue weighted by atomic mass is 32.2. The monoisotopic (exact) mass is 376 g/mol. The second-order valence-electron chi connectivity index (χ2n) is 6.96. The van der Waals surface area contributed by atoms with Gasteiger partial charge in [-0.05, 0) is 30.9 Å². The number of methoxy groups -OCH3 is 1. The van der Waals surface area contributed by atoms with Crippen molar-refractivity contribution < 1.29 is 13.2 Å². The van der Waals surface area contributed by atoms with Crippen LogP contribution >= 0.6 is 0 Å². The third kappa shape index (κ3) is 2.76. The first-order valence-electron chi connectivity index (χ1n) is 9.07. The summed E-state index contributed by atoms with van der Waals surface area (Å²) in [5, 5.41) is 8.51. The fourth-order valence-electron chi connectivity index (χ4n) is 4.25. The molecule has 0 spiro atoms. The van der Waals surface area contributed by atoms with E-state index < -0.39 is 10.0 Å². The molecule has 1 saturated heterocycles. The predicted octanol–water partition coefficient (Wildman–Crippen LogP) is 1.76. The third-order valence-corrected chi connectivity index (χ3v) is 7.56. The second kappa shape index (κ2) is 6.75. The number of hydrogen-bond acceptors (Lipinski definition) is 5. The number of benzene rings is 1. The second-order valence-corrected chi connectivity index (χ2v) is 8.77. The molecule has 0 saturated carbocycles. The van der Waals surface area contributed by atoms with Gasteiger partial charge in [0.2, 0.25) is 10.0 Å². The summed E-state index contributed by atoms with van der Waals surface area (Å²) >= 11 is 0. The van der Waals surface area contributed by atoms with Crippen LogP contribution in [0.3, 0.4) is 0 Å². The van der Waals surface area contributed by atoms with Gasteiger partial charge in [0.15, 0.2) is 5.82 Å². The van der Waals surface area contributed by atoms with Crippen LogP contribution in [0, 0.1) is 0 Å². The number of ether oxygens (including phenoxy) is 1. The minimum Gasteiger partial charge on any atom is -0.377 e. The predicted molar refractivity (Wildman–Crippen MR) is 96.1 cm³/mol. The topological polar surface area (TPSA) is 77.3 Å². The molecule has 0 aliphatic carbocycles. The summed E-state index contributed by atoms with van der Waals surface area (Å²) < 4.78 is 36.0. The van der Waals surface area contributed by atoms with Crippen molar-refractivity contribution in [2.75, 3.05) is 7.11 Å². The van der Waals surface area contributed by atoms with Crippen LogP contribution in [0.1, 0.15) is 37.0 Å². The number of sulfonamides is 1. The Kier molecular flexibility index (Phi) is 4.58. The lowest BCUT2D eigenvalue weighted by Gasteiger charge is -2.28. The maximum absolute atomic E-state index is 13.5. The van der Waals surface area contributed by atoms with E-state index in [0.29, 0.717) is 30.9 Å². The van der Waals surface area contributed by atoms with Crippen molar-refractivity contribution in [2.45, 2.75) is 62.7 Å². The number of hydrogen-bond donors (Lipinski definition) is 0. The van der Waals surface area contributed by atoms with E-state index in [2.05, 4.69) is 10.2 Å². The van der Waals surface area contributed by atoms with Crippen LogP contribution in [0.4, 0.5) is 0 Å². The molecule has 2 aromatic rings. The SMILES string of the molecule is CCc1ccccc1S(=O)(=O)N1C2CCC1Cn1c(COC)nnc1C2. The van der Waals surface area contributed by atoms with Gasteiger partial charge in [0, 0.05) is 32.2 Å². The quantitative estimate of drug-likeness (QED) is 0.795. The maximum Gasteiger partial charge on any atom is 0.243 e. The molecular weight excluding hydrogens is 352 g/mol. The minimum absolute atomic E-state index is 0.0595. The van der Waals surface area contributed by atoms with Crippen LogP contribution < -0.4 is 0 Å². The lowest BCUT2D eigenvalue weighted by molar-refractivity contribution is 0.172. The highest BCUT2D eigenvalue weighted by Gasteiger charge is 2.45. The van der Waals surface area contributed by atoms with Crippen LogP contribution in [0.25, 0.3) is 0 Å². The van der Waals surface area contributed by atoms with Crippen LogP contribution in [-0.2, 0) is 40.8 Å². The molecule has 3 heterocycles. The van der Waals surface area contributed by atoms with E-state index in [1.807, 2.05) is 23.6 Å². The summed E-state index contributed by atoms with van der Waals surface area (Å²) in [5.41, 5.74) is 0.871. The van der Waals surface area contributed by atoms with Crippen molar-refractivity contribution in [3.8, 4) is 0 Å². The molecule has 0 amide bonds. The number of aromatic nitrogens is 3. The van der Waals surface area contributed by atoms with Gasteiger partial charge >= 0.3 is 0 Å². The van der Waals surface area contributed by atoms with Crippen molar-refractivity contribution in [2.24, 2.45) is 0 Å². The molecule has 140 valence electrons. The first kappa shape index (κ1) is 17.6. The summed E-state index contributed by atoms with van der Waals surface area (Å²) in [6.45, 7) is 2.96. The number of rotatable bonds is 5. The van der Waals surface area contributed by atoms with Gasteiger partial charge in [-0.2, -0.15) is 4.31 Å². The van der Waals surface area contributed by atoms with E-state index in [-0.39, 0.29) is 12.1 Å². The molecule has 1 aromatic heterocycles. The summed E-state index contributed by atoms with van der Waals surface area (Å²) in [6, 6.07) is 7.20. The van der Waals surface area contributed by atoms with E-state index in [9.17, 15) is 8.42 Å². The van der Waals surface area contributed by atoms with Crippen molar-refractivity contribution >= 4 is 10.0 Å². The zero-order valence-electron chi connectivity index (χ0n) is 15.1. The maximum atomic E-state index is 13.5. The van der Waals surface area contributed by atoms with E-state index >= 15 is 0 Å². The Morgan fingerprint density at radius 1 is 1.19 bits per heavy atom. The Morgan fingerprint density at radius 3 is 2.73 bits per heavy atom. The lowest BCUT2D eigenvalue weighted by Crippen LogP contribution is -2.42. The van der Waals surface area contributed by atoms with E-state index in [4.69, 9.17) is 4.74 Å². The van der Waals surface area contributed by atoms with Gasteiger partial charge < -0.3 is 9.30 Å². The van der Waals surface area contributed by atoms with Gasteiger partial charge in [-0.25, -0.2) is 8.42 Å². The zero-order valence-corrected chi connectivity index (χ0v) is 15.9. The average molecular weight is 376 g/mol. The molecule has 2 aliphatic heterocycles. The molecule has 2 atom stereocenters. The Hall–Kier alpha value is -1.77. The fourth-order valence-corrected chi connectivity index (χ4v) is 6.40. The summed E-state index contributed by atoms with van der Waals surface area (Å²) in [5.74, 6) is 1.62. The molecule has 0 radical (unpaired) electrons. The minimum atomic E-state index is -3.54. The Morgan fingerprint density at radius 2 is 1.96 bits per heavy atom. The summed E-state index contributed by atoms with van der Waals surface area (Å²) in [7, 11) is -1.92. The van der Waals surface area contributed by atoms with Crippen molar-refractivity contribution in [1.82, 2.24) is 19.1 Å². The number of aryl methyl sites for hydroxylation is 1. The summed E-state index contributed by atoms with van der Waals surface area (Å²) in [4.78, 5) is 0.439. The molecule has 1 fully saturated rings. The Bertz CT molecular complexity index is 909. The first-order chi connectivity index (χ1) is 12.6. The van der Waals surface area contributed by atoms with Gasteiger partial charge in [-0.15, -0.1) is 10.2 Å². The van der Waals surface area contributed by atoms with Crippen LogP contribution in [-0.4, -0.2) is 46.7 Å². The standard InChI is InChI=1S/C18H24N4O3S/c1-3-13-6-4-5-7-16(13)26(23,24)22-14-8-9-15(22)11-21-17(10-14)19-20-18(21)12-25-2/h4-7,14-15H,3,8-12H2,1-2H3. The third-order valence-electron chi connectivity index (χ3n) is 5.45. The van der Waals surface area contributed by atoms with Crippen LogP contribution in [0.5, 0.6) is 0 Å². The highest BCUT2D eigenvalue weighted by Crippen LogP contribution is 2.37. The smallest absolute Gasteiger partial charge is 0.243 e. The van der Waals surface area contributed by atoms with Crippen molar-refractivity contribution in [3.05, 3.63) is 41.5 Å². The Balaban J connectivity index is 1.73. The van der Waals surface area contributed by atoms with Gasteiger partial charge in [0.1, 0.15) is 12.4 Å². The van der Waals surface area contributed by atoms with Crippen molar-refractivity contribution in [3.63, 3.8) is 0 Å². The van der Waals surface area contributed by atoms with Gasteiger partial charge in [-0.3, -0.25) is 0 Å². The molecule has 4 rings (SSSR count). The van der Waals surface area contributed by atoms with E-state index in [1.165, 1.54) is 0 Å². The van der Waals surface area contributed by atoms with Crippen molar-refractivity contribution in [1.29, 1.82) is 0 Å². The molecule has 1 aromatic carbocycles. The van der Waals surface area contributed by atoms with Gasteiger partial charge in [0.25, 0.3) is 0 Å². The molecule has 2 bridgehead atoms. The van der Waals surface area contributed by atoms with Gasteiger partial charge in [0.05, 0.1) is 4.90 Å². The molecule has 2 aliphatic rings. The highest BCUT2D eigenvalue weighted by molar-refractivity contribution is 7.89. The molecule has 0 N–H and O–H groups in total. The lowest BCUT2D eigenvalue weighted by atomic mass is 10.1.